The summed E-state index contributed by atoms with van der Waals surface area (Å²) in [6, 6.07) is -2.01. The number of carbonyl (C=O) groups excluding carboxylic acids is 3. The lowest BCUT2D eigenvalue weighted by Crippen LogP contribution is -2.55. The van der Waals surface area contributed by atoms with Crippen LogP contribution in [0.5, 0.6) is 0 Å². The minimum Gasteiger partial charge on any atom is -0.548 e. The number of nitrogens with one attached hydrogen (secondary N) is 3. The van der Waals surface area contributed by atoms with Crippen LogP contribution in [0.3, 0.4) is 0 Å². The van der Waals surface area contributed by atoms with E-state index in [1.54, 1.807) is 6.92 Å². The van der Waals surface area contributed by atoms with Crippen LogP contribution in [0.4, 0.5) is 9.59 Å². The third-order valence-electron chi connectivity index (χ3n) is 2.69. The Hall–Kier alpha value is -1.99. The van der Waals surface area contributed by atoms with Crippen molar-refractivity contribution < 1.29 is 19.5 Å². The lowest BCUT2D eigenvalue weighted by molar-refractivity contribution is -0.311. The van der Waals surface area contributed by atoms with Crippen LogP contribution in [0.2, 0.25) is 0 Å². The number of fused-ring (bicyclic) bond motifs is 1. The van der Waals surface area contributed by atoms with Crippen LogP contribution in [0.1, 0.15) is 13.3 Å². The Balaban J connectivity index is 2.22. The average molecular weight is 227 g/mol. The molecule has 2 rings (SSSR count). The molecule has 3 atom stereocenters. The van der Waals surface area contributed by atoms with Crippen molar-refractivity contribution in [1.82, 2.24) is 20.9 Å². The third-order valence-corrected chi connectivity index (χ3v) is 2.69. The number of hydrogen-bond donors (Lipinski definition) is 3. The summed E-state index contributed by atoms with van der Waals surface area (Å²) in [7, 11) is 0. The fraction of sp³-hybridized carbons (Fsp3) is 0.625. The van der Waals surface area contributed by atoms with E-state index < -0.39 is 36.4 Å². The van der Waals surface area contributed by atoms with Gasteiger partial charge in [-0.2, -0.15) is 0 Å². The van der Waals surface area contributed by atoms with E-state index in [0.717, 1.165) is 4.90 Å². The maximum absolute atomic E-state index is 11.5. The summed E-state index contributed by atoms with van der Waals surface area (Å²) in [6.45, 7) is 1.63. The predicted molar refractivity (Wildman–Crippen MR) is 48.7 cm³/mol. The molecule has 8 nitrogen and oxygen atoms in total. The highest BCUT2D eigenvalue weighted by Gasteiger charge is 2.48. The number of amides is 4. The van der Waals surface area contributed by atoms with Gasteiger partial charge in [-0.05, 0) is 6.42 Å². The molecule has 2 aliphatic heterocycles. The molecule has 0 saturated carbocycles. The molecular weight excluding hydrogens is 216 g/mol. The first-order valence-corrected chi connectivity index (χ1v) is 4.91. The van der Waals surface area contributed by atoms with Gasteiger partial charge in [-0.3, -0.25) is 4.90 Å². The normalized spacial score (nSPS) is 29.2. The number of carboxylic acid groups (broad SMARTS) is 1. The topological polar surface area (TPSA) is 114 Å². The molecular formula is C8H11N4O4-. The fourth-order valence-corrected chi connectivity index (χ4v) is 1.97. The van der Waals surface area contributed by atoms with Crippen LogP contribution in [0.15, 0.2) is 0 Å². The van der Waals surface area contributed by atoms with Gasteiger partial charge in [-0.25, -0.2) is 9.59 Å². The van der Waals surface area contributed by atoms with Crippen LogP contribution in [-0.2, 0) is 4.79 Å². The van der Waals surface area contributed by atoms with Crippen molar-refractivity contribution in [3.05, 3.63) is 0 Å². The van der Waals surface area contributed by atoms with Gasteiger partial charge >= 0.3 is 12.1 Å². The second-order valence-corrected chi connectivity index (χ2v) is 3.64. The first-order valence-electron chi connectivity index (χ1n) is 4.91. The Labute approximate surface area is 91.0 Å². The molecule has 0 aromatic carbocycles. The number of rotatable bonds is 3. The number of nitrogens with zero attached hydrogens (tertiary/aromatic N) is 1. The minimum atomic E-state index is -1.33. The van der Waals surface area contributed by atoms with Gasteiger partial charge in [0.25, 0.3) is 0 Å². The Bertz CT molecular complexity index is 358. The first kappa shape index (κ1) is 10.5. The van der Waals surface area contributed by atoms with Crippen molar-refractivity contribution in [3.63, 3.8) is 0 Å². The molecule has 0 aliphatic carbocycles. The highest BCUT2D eigenvalue weighted by Crippen LogP contribution is 2.18. The lowest BCUT2D eigenvalue weighted by Gasteiger charge is -2.30. The highest BCUT2D eigenvalue weighted by molar-refractivity contribution is 5.88. The Morgan fingerprint density at radius 3 is 2.69 bits per heavy atom. The number of carboxylic acids is 1. The summed E-state index contributed by atoms with van der Waals surface area (Å²) in [5, 5.41) is 18.3. The third kappa shape index (κ3) is 1.42. The summed E-state index contributed by atoms with van der Waals surface area (Å²) >= 11 is 0. The van der Waals surface area contributed by atoms with E-state index in [0.29, 0.717) is 0 Å². The molecule has 3 N–H and O–H groups in total. The molecule has 8 heteroatoms. The first-order chi connectivity index (χ1) is 7.54. The Morgan fingerprint density at radius 2 is 2.12 bits per heavy atom. The van der Waals surface area contributed by atoms with Gasteiger partial charge in [0.1, 0.15) is 12.3 Å². The molecule has 2 aliphatic rings. The SMILES string of the molecule is CC[C@@H](C(=O)[O-])N1C(=O)N[C@@H]2NC(=O)N[C@H]21. The molecule has 2 saturated heterocycles. The van der Waals surface area contributed by atoms with Gasteiger partial charge < -0.3 is 25.9 Å². The number of carbonyl (C=O) groups is 3. The Morgan fingerprint density at radius 1 is 1.44 bits per heavy atom. The molecule has 0 aromatic heterocycles. The van der Waals surface area contributed by atoms with Crippen LogP contribution in [-0.4, -0.2) is 41.3 Å². The monoisotopic (exact) mass is 227 g/mol. The van der Waals surface area contributed by atoms with E-state index in [-0.39, 0.29) is 6.42 Å². The number of urea groups is 2. The summed E-state index contributed by atoms with van der Waals surface area (Å²) in [6.07, 6.45) is -1.05. The Kier molecular flexibility index (Phi) is 2.33. The maximum atomic E-state index is 11.5. The molecule has 0 spiro atoms. The predicted octanol–water partition coefficient (Wildman–Crippen LogP) is -2.49. The second kappa shape index (κ2) is 3.54. The maximum Gasteiger partial charge on any atom is 0.321 e. The van der Waals surface area contributed by atoms with Crippen molar-refractivity contribution in [1.29, 1.82) is 0 Å². The van der Waals surface area contributed by atoms with E-state index in [1.807, 2.05) is 0 Å². The average Bonchev–Trinajstić information content (AvgIpc) is 2.65. The van der Waals surface area contributed by atoms with Gasteiger partial charge in [0.05, 0.1) is 12.0 Å². The number of aliphatic carboxylic acids is 1. The van der Waals surface area contributed by atoms with Crippen LogP contribution in [0, 0.1) is 0 Å². The van der Waals surface area contributed by atoms with Crippen LogP contribution < -0.4 is 21.1 Å². The molecule has 2 heterocycles. The molecule has 16 heavy (non-hydrogen) atoms. The summed E-state index contributed by atoms with van der Waals surface area (Å²) in [5.74, 6) is -1.33. The van der Waals surface area contributed by atoms with E-state index in [2.05, 4.69) is 16.0 Å². The quantitative estimate of drug-likeness (QED) is 0.494. The minimum absolute atomic E-state index is 0.217. The number of hydrogen-bond acceptors (Lipinski definition) is 4. The van der Waals surface area contributed by atoms with Crippen molar-refractivity contribution >= 4 is 18.0 Å². The molecule has 0 unspecified atom stereocenters. The molecule has 0 aromatic rings. The highest BCUT2D eigenvalue weighted by atomic mass is 16.4. The van der Waals surface area contributed by atoms with E-state index in [1.165, 1.54) is 0 Å². The fourth-order valence-electron chi connectivity index (χ4n) is 1.97. The van der Waals surface area contributed by atoms with E-state index >= 15 is 0 Å². The van der Waals surface area contributed by atoms with Gasteiger partial charge in [0, 0.05) is 0 Å². The zero-order chi connectivity index (χ0) is 11.9. The zero-order valence-electron chi connectivity index (χ0n) is 8.52. The van der Waals surface area contributed by atoms with Crippen molar-refractivity contribution in [2.45, 2.75) is 31.7 Å². The lowest BCUT2D eigenvalue weighted by atomic mass is 10.2. The zero-order valence-corrected chi connectivity index (χ0v) is 8.52. The van der Waals surface area contributed by atoms with E-state index in [9.17, 15) is 19.5 Å². The van der Waals surface area contributed by atoms with Crippen molar-refractivity contribution in [3.8, 4) is 0 Å². The molecule has 4 amide bonds. The summed E-state index contributed by atoms with van der Waals surface area (Å²) < 4.78 is 0. The summed E-state index contributed by atoms with van der Waals surface area (Å²) in [4.78, 5) is 34.5. The van der Waals surface area contributed by atoms with E-state index in [4.69, 9.17) is 0 Å². The second-order valence-electron chi connectivity index (χ2n) is 3.64. The molecule has 88 valence electrons. The van der Waals surface area contributed by atoms with Crippen LogP contribution >= 0.6 is 0 Å². The van der Waals surface area contributed by atoms with Gasteiger partial charge in [0.15, 0.2) is 0 Å². The van der Waals surface area contributed by atoms with Gasteiger partial charge in [0.2, 0.25) is 0 Å². The van der Waals surface area contributed by atoms with Gasteiger partial charge in [-0.1, -0.05) is 6.92 Å². The summed E-state index contributed by atoms with van der Waals surface area (Å²) in [5.41, 5.74) is 0. The van der Waals surface area contributed by atoms with Crippen molar-refractivity contribution in [2.75, 3.05) is 0 Å². The van der Waals surface area contributed by atoms with Crippen molar-refractivity contribution in [2.24, 2.45) is 0 Å². The standard InChI is InChI=1S/C8H12N4O4/c1-2-3(6(13)14)12-5-4(10-8(12)16)9-7(15)11-5/h3-5H,2H2,1H3,(H,10,16)(H,13,14)(H2,9,11,15)/p-1/t3-,4-,5-/m0/s1. The largest absolute Gasteiger partial charge is 0.548 e. The smallest absolute Gasteiger partial charge is 0.321 e. The van der Waals surface area contributed by atoms with Gasteiger partial charge in [-0.15, -0.1) is 0 Å². The molecule has 2 fully saturated rings. The molecule has 0 bridgehead atoms. The molecule has 0 radical (unpaired) electrons. The van der Waals surface area contributed by atoms with Crippen LogP contribution in [0.25, 0.3) is 0 Å².